The van der Waals surface area contributed by atoms with Crippen LogP contribution in [0.1, 0.15) is 5.56 Å². The van der Waals surface area contributed by atoms with Crippen molar-refractivity contribution in [2.24, 2.45) is 5.10 Å². The third-order valence-electron chi connectivity index (χ3n) is 3.61. The Kier molecular flexibility index (Phi) is 5.88. The average molecular weight is 396 g/mol. The molecule has 3 rings (SSSR count). The fraction of sp³-hybridized carbons (Fsp3) is 0.111. The summed E-state index contributed by atoms with van der Waals surface area (Å²) in [6, 6.07) is 11.7. The Bertz CT molecular complexity index is 1020. The van der Waals surface area contributed by atoms with E-state index in [1.54, 1.807) is 43.3 Å². The number of nitro groups is 1. The Morgan fingerprint density at radius 1 is 1.03 bits per heavy atom. The number of aromatic nitrogens is 3. The van der Waals surface area contributed by atoms with Crippen LogP contribution < -0.4 is 15.6 Å². The molecule has 0 spiro atoms. The van der Waals surface area contributed by atoms with Crippen LogP contribution in [0.15, 0.2) is 53.6 Å². The van der Waals surface area contributed by atoms with E-state index < -0.39 is 4.92 Å². The minimum absolute atomic E-state index is 0.000268. The highest BCUT2D eigenvalue weighted by Crippen LogP contribution is 2.17. The molecule has 3 aromatic rings. The molecule has 1 heterocycles. The predicted molar refractivity (Wildman–Crippen MR) is 108 cm³/mol. The van der Waals surface area contributed by atoms with Crippen molar-refractivity contribution < 1.29 is 9.31 Å². The van der Waals surface area contributed by atoms with E-state index in [-0.39, 0.29) is 23.4 Å². The fourth-order valence-electron chi connectivity index (χ4n) is 2.18. The lowest BCUT2D eigenvalue weighted by atomic mass is 10.2. The summed E-state index contributed by atoms with van der Waals surface area (Å²) in [5, 5.41) is 17.7. The maximum absolute atomic E-state index is 13.1. The third kappa shape index (κ3) is 5.42. The number of rotatable bonds is 7. The molecule has 148 valence electrons. The molecule has 0 unspecified atom stereocenters. The first kappa shape index (κ1) is 19.6. The molecular formula is C18H17FN8O2. The second kappa shape index (κ2) is 8.69. The van der Waals surface area contributed by atoms with Crippen molar-refractivity contribution in [3.63, 3.8) is 0 Å². The van der Waals surface area contributed by atoms with Crippen LogP contribution in [0.25, 0.3) is 0 Å². The van der Waals surface area contributed by atoms with Gasteiger partial charge in [0.2, 0.25) is 17.8 Å². The molecule has 1 aromatic heterocycles. The first-order chi connectivity index (χ1) is 13.9. The van der Waals surface area contributed by atoms with Crippen molar-refractivity contribution in [2.75, 3.05) is 29.7 Å². The van der Waals surface area contributed by atoms with E-state index in [0.717, 1.165) is 0 Å². The number of nitrogens with one attached hydrogen (secondary N) is 2. The predicted octanol–water partition coefficient (Wildman–Crippen LogP) is 3.17. The second-order valence-electron chi connectivity index (χ2n) is 6.03. The van der Waals surface area contributed by atoms with Crippen molar-refractivity contribution >= 4 is 35.4 Å². The number of hydrogen-bond acceptors (Lipinski definition) is 9. The largest absolute Gasteiger partial charge is 0.347 e. The molecule has 0 radical (unpaired) electrons. The quantitative estimate of drug-likeness (QED) is 0.355. The molecule has 11 heteroatoms. The number of anilines is 4. The van der Waals surface area contributed by atoms with Crippen LogP contribution in [0.2, 0.25) is 0 Å². The zero-order valence-corrected chi connectivity index (χ0v) is 15.6. The van der Waals surface area contributed by atoms with Crippen molar-refractivity contribution in [1.82, 2.24) is 15.0 Å². The van der Waals surface area contributed by atoms with Gasteiger partial charge in [0.05, 0.1) is 11.1 Å². The molecule has 0 fully saturated rings. The van der Waals surface area contributed by atoms with E-state index in [1.807, 2.05) is 0 Å². The highest BCUT2D eigenvalue weighted by molar-refractivity contribution is 5.80. The first-order valence-electron chi connectivity index (χ1n) is 8.40. The SMILES string of the molecule is CN(C)c1nc(N/N=C\c2ccc([N+](=O)[O-])cc2)nc(Nc2ccc(F)cc2)n1. The minimum Gasteiger partial charge on any atom is -0.347 e. The molecule has 2 N–H and O–H groups in total. The van der Waals surface area contributed by atoms with E-state index >= 15 is 0 Å². The summed E-state index contributed by atoms with van der Waals surface area (Å²) >= 11 is 0. The van der Waals surface area contributed by atoms with E-state index in [0.29, 0.717) is 17.2 Å². The number of hydrogen-bond donors (Lipinski definition) is 2. The van der Waals surface area contributed by atoms with Gasteiger partial charge < -0.3 is 10.2 Å². The Morgan fingerprint density at radius 3 is 2.31 bits per heavy atom. The zero-order chi connectivity index (χ0) is 20.8. The van der Waals surface area contributed by atoms with Crippen molar-refractivity contribution in [3.8, 4) is 0 Å². The zero-order valence-electron chi connectivity index (χ0n) is 15.6. The molecule has 0 bridgehead atoms. The Balaban J connectivity index is 1.76. The molecule has 0 aliphatic carbocycles. The summed E-state index contributed by atoms with van der Waals surface area (Å²) < 4.78 is 13.1. The molecule has 0 saturated carbocycles. The Labute approximate surface area is 165 Å². The standard InChI is InChI=1S/C18H17FN8O2/c1-26(2)18-23-16(21-14-7-5-13(19)6-8-14)22-17(24-18)25-20-11-12-3-9-15(10-4-12)27(28)29/h3-11H,1-2H3,(H2,21,22,23,24,25)/b20-11-. The summed E-state index contributed by atoms with van der Waals surface area (Å²) in [6.45, 7) is 0. The van der Waals surface area contributed by atoms with Crippen molar-refractivity contribution in [3.05, 3.63) is 70.0 Å². The summed E-state index contributed by atoms with van der Waals surface area (Å²) in [6.07, 6.45) is 1.48. The lowest BCUT2D eigenvalue weighted by Gasteiger charge is -2.13. The number of hydrazone groups is 1. The van der Waals surface area contributed by atoms with Crippen molar-refractivity contribution in [2.45, 2.75) is 0 Å². The normalized spacial score (nSPS) is 10.7. The van der Waals surface area contributed by atoms with Gasteiger partial charge in [-0.25, -0.2) is 9.82 Å². The molecule has 0 atom stereocenters. The van der Waals surface area contributed by atoms with Gasteiger partial charge in [0.1, 0.15) is 5.82 Å². The van der Waals surface area contributed by atoms with Crippen LogP contribution in [0.5, 0.6) is 0 Å². The number of nitrogens with zero attached hydrogens (tertiary/aromatic N) is 6. The molecule has 29 heavy (non-hydrogen) atoms. The van der Waals surface area contributed by atoms with Gasteiger partial charge >= 0.3 is 0 Å². The average Bonchev–Trinajstić information content (AvgIpc) is 2.70. The first-order valence-corrected chi connectivity index (χ1v) is 8.40. The van der Waals surface area contributed by atoms with Crippen LogP contribution in [0, 0.1) is 15.9 Å². The molecule has 0 aliphatic heterocycles. The van der Waals surface area contributed by atoms with Gasteiger partial charge in [0, 0.05) is 31.9 Å². The van der Waals surface area contributed by atoms with E-state index in [1.165, 1.54) is 30.5 Å². The molecular weight excluding hydrogens is 379 g/mol. The highest BCUT2D eigenvalue weighted by Gasteiger charge is 2.08. The van der Waals surface area contributed by atoms with Crippen LogP contribution in [-0.2, 0) is 0 Å². The molecule has 0 amide bonds. The Morgan fingerprint density at radius 2 is 1.69 bits per heavy atom. The monoisotopic (exact) mass is 396 g/mol. The third-order valence-corrected chi connectivity index (χ3v) is 3.61. The number of non-ortho nitro benzene ring substituents is 1. The van der Waals surface area contributed by atoms with Gasteiger partial charge in [-0.1, -0.05) is 0 Å². The van der Waals surface area contributed by atoms with E-state index in [9.17, 15) is 14.5 Å². The molecule has 0 saturated heterocycles. The second-order valence-corrected chi connectivity index (χ2v) is 6.03. The number of nitro benzene ring substituents is 1. The minimum atomic E-state index is -0.470. The number of benzene rings is 2. The van der Waals surface area contributed by atoms with Gasteiger partial charge in [0.25, 0.3) is 5.69 Å². The highest BCUT2D eigenvalue weighted by atomic mass is 19.1. The molecule has 0 aliphatic rings. The summed E-state index contributed by atoms with van der Waals surface area (Å²) in [7, 11) is 3.56. The maximum atomic E-state index is 13.1. The van der Waals surface area contributed by atoms with Crippen LogP contribution in [0.4, 0.5) is 33.6 Å². The van der Waals surface area contributed by atoms with Crippen LogP contribution >= 0.6 is 0 Å². The fourth-order valence-corrected chi connectivity index (χ4v) is 2.18. The lowest BCUT2D eigenvalue weighted by molar-refractivity contribution is -0.384. The van der Waals surface area contributed by atoms with Crippen LogP contribution in [-0.4, -0.2) is 40.2 Å². The maximum Gasteiger partial charge on any atom is 0.269 e. The van der Waals surface area contributed by atoms with E-state index in [4.69, 9.17) is 0 Å². The van der Waals surface area contributed by atoms with Gasteiger partial charge in [-0.3, -0.25) is 10.1 Å². The van der Waals surface area contributed by atoms with Gasteiger partial charge in [-0.2, -0.15) is 20.1 Å². The topological polar surface area (TPSA) is 121 Å². The van der Waals surface area contributed by atoms with Crippen molar-refractivity contribution in [1.29, 1.82) is 0 Å². The summed E-state index contributed by atoms with van der Waals surface area (Å²) in [5.74, 6) is 0.482. The lowest BCUT2D eigenvalue weighted by Crippen LogP contribution is -2.15. The summed E-state index contributed by atoms with van der Waals surface area (Å²) in [4.78, 5) is 24.7. The summed E-state index contributed by atoms with van der Waals surface area (Å²) in [5.41, 5.74) is 3.98. The number of halogens is 1. The van der Waals surface area contributed by atoms with E-state index in [2.05, 4.69) is 30.8 Å². The Hall–Kier alpha value is -4.15. The van der Waals surface area contributed by atoms with Gasteiger partial charge in [0.15, 0.2) is 0 Å². The molecule has 2 aromatic carbocycles. The van der Waals surface area contributed by atoms with Crippen LogP contribution in [0.3, 0.4) is 0 Å². The van der Waals surface area contributed by atoms with Gasteiger partial charge in [-0.15, -0.1) is 0 Å². The van der Waals surface area contributed by atoms with Gasteiger partial charge in [-0.05, 0) is 42.0 Å². The smallest absolute Gasteiger partial charge is 0.269 e. The molecule has 10 nitrogen and oxygen atoms in total.